The molecule has 0 fully saturated rings. The molecule has 0 aromatic heterocycles. The van der Waals surface area contributed by atoms with E-state index in [-0.39, 0.29) is 0 Å². The maximum atomic E-state index is 5.94. The van der Waals surface area contributed by atoms with Gasteiger partial charge >= 0.3 is 0 Å². The van der Waals surface area contributed by atoms with Gasteiger partial charge in [0.05, 0.1) is 6.61 Å². The standard InChI is InChI=1S/C16H17BrClNO2/c1-20-9-8-19-11-12-2-3-13(17)10-16(12)21-15-6-4-14(18)5-7-15/h2-7,10,19H,8-9,11H2,1H3. The number of hydrogen-bond acceptors (Lipinski definition) is 3. The van der Waals surface area contributed by atoms with E-state index in [1.165, 1.54) is 0 Å². The molecule has 0 saturated heterocycles. The molecule has 3 nitrogen and oxygen atoms in total. The third kappa shape index (κ3) is 5.32. The molecule has 21 heavy (non-hydrogen) atoms. The monoisotopic (exact) mass is 369 g/mol. The number of ether oxygens (including phenoxy) is 2. The molecule has 0 heterocycles. The van der Waals surface area contributed by atoms with Crippen LogP contribution in [0.5, 0.6) is 11.5 Å². The molecular formula is C16H17BrClNO2. The van der Waals surface area contributed by atoms with E-state index in [1.807, 2.05) is 42.5 Å². The van der Waals surface area contributed by atoms with Gasteiger partial charge in [-0.05, 0) is 36.4 Å². The Labute approximate surface area is 138 Å². The smallest absolute Gasteiger partial charge is 0.133 e. The molecule has 0 saturated carbocycles. The highest BCUT2D eigenvalue weighted by molar-refractivity contribution is 9.10. The lowest BCUT2D eigenvalue weighted by molar-refractivity contribution is 0.199. The van der Waals surface area contributed by atoms with Gasteiger partial charge in [0.1, 0.15) is 11.5 Å². The van der Waals surface area contributed by atoms with Crippen molar-refractivity contribution in [3.63, 3.8) is 0 Å². The van der Waals surface area contributed by atoms with Crippen LogP contribution in [-0.4, -0.2) is 20.3 Å². The van der Waals surface area contributed by atoms with Gasteiger partial charge in [-0.1, -0.05) is 33.6 Å². The fourth-order valence-corrected chi connectivity index (χ4v) is 2.26. The van der Waals surface area contributed by atoms with Gasteiger partial charge in [-0.25, -0.2) is 0 Å². The van der Waals surface area contributed by atoms with Crippen LogP contribution in [0.25, 0.3) is 0 Å². The van der Waals surface area contributed by atoms with Crippen molar-refractivity contribution in [2.75, 3.05) is 20.3 Å². The Morgan fingerprint density at radius 1 is 1.14 bits per heavy atom. The first kappa shape index (κ1) is 16.3. The molecule has 5 heteroatoms. The number of nitrogens with one attached hydrogen (secondary N) is 1. The molecule has 0 aliphatic heterocycles. The van der Waals surface area contributed by atoms with Gasteiger partial charge in [0.15, 0.2) is 0 Å². The second-order valence-electron chi connectivity index (χ2n) is 4.48. The summed E-state index contributed by atoms with van der Waals surface area (Å²) in [6.45, 7) is 2.20. The summed E-state index contributed by atoms with van der Waals surface area (Å²) < 4.78 is 11.9. The molecule has 2 rings (SSSR count). The molecule has 2 aromatic carbocycles. The number of rotatable bonds is 7. The van der Waals surface area contributed by atoms with Crippen LogP contribution in [0.2, 0.25) is 5.02 Å². The van der Waals surface area contributed by atoms with Crippen molar-refractivity contribution < 1.29 is 9.47 Å². The van der Waals surface area contributed by atoms with Crippen LogP contribution in [0.3, 0.4) is 0 Å². The summed E-state index contributed by atoms with van der Waals surface area (Å²) in [5.74, 6) is 1.58. The third-order valence-corrected chi connectivity index (χ3v) is 3.61. The highest BCUT2D eigenvalue weighted by Crippen LogP contribution is 2.29. The van der Waals surface area contributed by atoms with Crippen LogP contribution in [0.15, 0.2) is 46.9 Å². The zero-order valence-electron chi connectivity index (χ0n) is 11.7. The molecule has 1 N–H and O–H groups in total. The van der Waals surface area contributed by atoms with Crippen molar-refractivity contribution in [3.8, 4) is 11.5 Å². The minimum absolute atomic E-state index is 0.684. The van der Waals surface area contributed by atoms with Crippen LogP contribution in [0, 0.1) is 0 Å². The van der Waals surface area contributed by atoms with Crippen molar-refractivity contribution in [2.45, 2.75) is 6.54 Å². The van der Waals surface area contributed by atoms with Gasteiger partial charge < -0.3 is 14.8 Å². The first-order valence-electron chi connectivity index (χ1n) is 6.60. The number of halogens is 2. The lowest BCUT2D eigenvalue weighted by atomic mass is 10.2. The fourth-order valence-electron chi connectivity index (χ4n) is 1.80. The van der Waals surface area contributed by atoms with Crippen LogP contribution in [0.4, 0.5) is 0 Å². The highest BCUT2D eigenvalue weighted by atomic mass is 79.9. The number of hydrogen-bond donors (Lipinski definition) is 1. The lowest BCUT2D eigenvalue weighted by Crippen LogP contribution is -2.18. The molecule has 0 aliphatic carbocycles. The topological polar surface area (TPSA) is 30.5 Å². The molecule has 112 valence electrons. The molecule has 0 unspecified atom stereocenters. The quantitative estimate of drug-likeness (QED) is 0.721. The summed E-state index contributed by atoms with van der Waals surface area (Å²) in [6.07, 6.45) is 0. The van der Waals surface area contributed by atoms with Gasteiger partial charge in [0, 0.05) is 35.3 Å². The second-order valence-corrected chi connectivity index (χ2v) is 5.83. The molecular weight excluding hydrogens is 354 g/mol. The Balaban J connectivity index is 2.09. The maximum absolute atomic E-state index is 5.94. The van der Waals surface area contributed by atoms with Gasteiger partial charge in [-0.3, -0.25) is 0 Å². The van der Waals surface area contributed by atoms with E-state index in [4.69, 9.17) is 21.1 Å². The molecule has 0 spiro atoms. The molecule has 0 amide bonds. The van der Waals surface area contributed by atoms with Crippen molar-refractivity contribution in [2.24, 2.45) is 0 Å². The Kier molecular flexibility index (Phi) is 6.51. The third-order valence-electron chi connectivity index (χ3n) is 2.87. The van der Waals surface area contributed by atoms with Gasteiger partial charge in [0.2, 0.25) is 0 Å². The first-order valence-corrected chi connectivity index (χ1v) is 7.77. The van der Waals surface area contributed by atoms with Gasteiger partial charge in [0.25, 0.3) is 0 Å². The van der Waals surface area contributed by atoms with Crippen LogP contribution in [-0.2, 0) is 11.3 Å². The van der Waals surface area contributed by atoms with Gasteiger partial charge in [-0.15, -0.1) is 0 Å². The fraction of sp³-hybridized carbons (Fsp3) is 0.250. The van der Waals surface area contributed by atoms with E-state index >= 15 is 0 Å². The molecule has 0 radical (unpaired) electrons. The molecule has 0 atom stereocenters. The van der Waals surface area contributed by atoms with Crippen molar-refractivity contribution >= 4 is 27.5 Å². The highest BCUT2D eigenvalue weighted by Gasteiger charge is 2.06. The molecule has 2 aromatic rings. The number of benzene rings is 2. The Hall–Kier alpha value is -1.07. The van der Waals surface area contributed by atoms with E-state index in [9.17, 15) is 0 Å². The maximum Gasteiger partial charge on any atom is 0.133 e. The number of methoxy groups -OCH3 is 1. The van der Waals surface area contributed by atoms with Crippen molar-refractivity contribution in [1.29, 1.82) is 0 Å². The SMILES string of the molecule is COCCNCc1ccc(Br)cc1Oc1ccc(Cl)cc1. The largest absolute Gasteiger partial charge is 0.457 e. The van der Waals surface area contributed by atoms with Crippen LogP contribution in [0.1, 0.15) is 5.56 Å². The summed E-state index contributed by atoms with van der Waals surface area (Å²) in [4.78, 5) is 0. The van der Waals surface area contributed by atoms with E-state index in [0.29, 0.717) is 11.6 Å². The van der Waals surface area contributed by atoms with E-state index < -0.39 is 0 Å². The zero-order valence-corrected chi connectivity index (χ0v) is 14.1. The summed E-state index contributed by atoms with van der Waals surface area (Å²) in [5.41, 5.74) is 1.09. The van der Waals surface area contributed by atoms with Crippen LogP contribution < -0.4 is 10.1 Å². The molecule has 0 aliphatic rings. The van der Waals surface area contributed by atoms with E-state index in [2.05, 4.69) is 21.2 Å². The summed E-state index contributed by atoms with van der Waals surface area (Å²) in [6, 6.07) is 13.3. The summed E-state index contributed by atoms with van der Waals surface area (Å²) in [7, 11) is 1.69. The Morgan fingerprint density at radius 2 is 1.90 bits per heavy atom. The van der Waals surface area contributed by atoms with Gasteiger partial charge in [-0.2, -0.15) is 0 Å². The predicted molar refractivity (Wildman–Crippen MR) is 89.3 cm³/mol. The Bertz CT molecular complexity index is 575. The summed E-state index contributed by atoms with van der Waals surface area (Å²) in [5, 5.41) is 4.01. The van der Waals surface area contributed by atoms with Crippen LogP contribution >= 0.6 is 27.5 Å². The first-order chi connectivity index (χ1) is 10.2. The average Bonchev–Trinajstić information content (AvgIpc) is 2.48. The second kappa shape index (κ2) is 8.39. The zero-order chi connectivity index (χ0) is 15.1. The van der Waals surface area contributed by atoms with Crippen molar-refractivity contribution in [3.05, 3.63) is 57.5 Å². The Morgan fingerprint density at radius 3 is 2.62 bits per heavy atom. The van der Waals surface area contributed by atoms with E-state index in [0.717, 1.165) is 34.6 Å². The normalized spacial score (nSPS) is 10.6. The molecule has 0 bridgehead atoms. The van der Waals surface area contributed by atoms with E-state index in [1.54, 1.807) is 7.11 Å². The average molecular weight is 371 g/mol. The predicted octanol–water partition coefficient (Wildman–Crippen LogP) is 4.63. The summed E-state index contributed by atoms with van der Waals surface area (Å²) >= 11 is 9.36. The minimum atomic E-state index is 0.684. The minimum Gasteiger partial charge on any atom is -0.457 e. The lowest BCUT2D eigenvalue weighted by Gasteiger charge is -2.12. The van der Waals surface area contributed by atoms with Crippen molar-refractivity contribution in [1.82, 2.24) is 5.32 Å².